The summed E-state index contributed by atoms with van der Waals surface area (Å²) in [5.74, 6) is -0.423. The molecule has 1 aromatic carbocycles. The van der Waals surface area contributed by atoms with Crippen LogP contribution in [0.3, 0.4) is 0 Å². The number of carbonyl (C=O) groups excluding carboxylic acids is 2. The summed E-state index contributed by atoms with van der Waals surface area (Å²) in [5, 5.41) is 7.62. The van der Waals surface area contributed by atoms with Gasteiger partial charge >= 0.3 is 12.0 Å². The predicted molar refractivity (Wildman–Crippen MR) is 103 cm³/mol. The minimum Gasteiger partial charge on any atom is -0.466 e. The maximum Gasteiger partial charge on any atom is 0.338 e. The molecule has 0 aliphatic carbocycles. The molecule has 6 nitrogen and oxygen atoms in total. The molecule has 3 heterocycles. The third-order valence-corrected chi connectivity index (χ3v) is 5.92. The Morgan fingerprint density at radius 1 is 1.26 bits per heavy atom. The molecule has 2 aliphatic heterocycles. The average Bonchev–Trinajstić information content (AvgIpc) is 3.21. The number of thiophene rings is 1. The Kier molecular flexibility index (Phi) is 4.96. The Bertz CT molecular complexity index is 892. The molecule has 0 saturated carbocycles. The monoisotopic (exact) mass is 383 g/mol. The van der Waals surface area contributed by atoms with E-state index in [1.165, 1.54) is 29.6 Å². The van der Waals surface area contributed by atoms with Crippen LogP contribution in [0, 0.1) is 0 Å². The van der Waals surface area contributed by atoms with E-state index in [0.29, 0.717) is 17.8 Å². The normalized spacial score (nSPS) is 19.9. The van der Waals surface area contributed by atoms with Gasteiger partial charge in [0.25, 0.3) is 0 Å². The van der Waals surface area contributed by atoms with Crippen molar-refractivity contribution in [1.82, 2.24) is 15.5 Å². The molecule has 0 saturated heterocycles. The standard InChI is InChI=1S/C20H21N3O3S/c1-26-19(24)17-15(21-20(25)22-18(17)16-7-4-10-27-16)12-23-9-8-13-5-2-3-6-14(13)11-23/h2-7,10,18H,8-9,11-12H2,1H3,(H2,21,22,25). The number of fused-ring (bicyclic) bond motifs is 1. The zero-order chi connectivity index (χ0) is 18.8. The summed E-state index contributed by atoms with van der Waals surface area (Å²) in [4.78, 5) is 28.0. The van der Waals surface area contributed by atoms with Crippen molar-refractivity contribution in [2.24, 2.45) is 0 Å². The van der Waals surface area contributed by atoms with Crippen LogP contribution < -0.4 is 10.6 Å². The minimum atomic E-state index is -0.488. The van der Waals surface area contributed by atoms with Crippen LogP contribution in [-0.4, -0.2) is 37.1 Å². The Labute approximate surface area is 161 Å². The van der Waals surface area contributed by atoms with Gasteiger partial charge < -0.3 is 15.4 Å². The number of ether oxygens (including phenoxy) is 1. The van der Waals surface area contributed by atoms with Gasteiger partial charge in [0.15, 0.2) is 0 Å². The van der Waals surface area contributed by atoms with E-state index in [1.54, 1.807) is 0 Å². The quantitative estimate of drug-likeness (QED) is 0.796. The zero-order valence-corrected chi connectivity index (χ0v) is 15.8. The van der Waals surface area contributed by atoms with Crippen molar-refractivity contribution in [2.75, 3.05) is 20.2 Å². The second-order valence-corrected chi connectivity index (χ2v) is 7.64. The van der Waals surface area contributed by atoms with Crippen LogP contribution in [-0.2, 0) is 22.5 Å². The maximum absolute atomic E-state index is 12.5. The van der Waals surface area contributed by atoms with Gasteiger partial charge in [0.2, 0.25) is 0 Å². The van der Waals surface area contributed by atoms with E-state index in [1.807, 2.05) is 23.6 Å². The zero-order valence-electron chi connectivity index (χ0n) is 15.0. The molecule has 1 atom stereocenters. The first-order valence-electron chi connectivity index (χ1n) is 8.87. The topological polar surface area (TPSA) is 70.7 Å². The Morgan fingerprint density at radius 2 is 2.07 bits per heavy atom. The van der Waals surface area contributed by atoms with Gasteiger partial charge in [0, 0.05) is 30.2 Å². The van der Waals surface area contributed by atoms with Crippen molar-refractivity contribution in [2.45, 2.75) is 19.0 Å². The fourth-order valence-electron chi connectivity index (χ4n) is 3.68. The van der Waals surface area contributed by atoms with Gasteiger partial charge in [-0.1, -0.05) is 30.3 Å². The fourth-order valence-corrected chi connectivity index (χ4v) is 4.46. The molecule has 2 aromatic rings. The second-order valence-electron chi connectivity index (χ2n) is 6.66. The van der Waals surface area contributed by atoms with Gasteiger partial charge in [0.05, 0.1) is 18.7 Å². The number of rotatable bonds is 4. The van der Waals surface area contributed by atoms with Crippen molar-refractivity contribution in [1.29, 1.82) is 0 Å². The molecule has 0 radical (unpaired) electrons. The number of amides is 2. The summed E-state index contributed by atoms with van der Waals surface area (Å²) < 4.78 is 5.03. The van der Waals surface area contributed by atoms with Gasteiger partial charge in [-0.05, 0) is 29.0 Å². The van der Waals surface area contributed by atoms with Crippen molar-refractivity contribution < 1.29 is 14.3 Å². The number of nitrogens with one attached hydrogen (secondary N) is 2. The lowest BCUT2D eigenvalue weighted by Crippen LogP contribution is -2.48. The number of carbonyl (C=O) groups is 2. The molecule has 2 N–H and O–H groups in total. The molecule has 2 amide bonds. The van der Waals surface area contributed by atoms with E-state index < -0.39 is 12.0 Å². The number of nitrogens with zero attached hydrogens (tertiary/aromatic N) is 1. The lowest BCUT2D eigenvalue weighted by molar-refractivity contribution is -0.136. The Morgan fingerprint density at radius 3 is 2.81 bits per heavy atom. The summed E-state index contributed by atoms with van der Waals surface area (Å²) in [6.07, 6.45) is 0.956. The van der Waals surface area contributed by atoms with Gasteiger partial charge in [-0.3, -0.25) is 4.90 Å². The SMILES string of the molecule is COC(=O)C1=C(CN2CCc3ccccc3C2)NC(=O)NC1c1cccs1. The van der Waals surface area contributed by atoms with Crippen molar-refractivity contribution in [3.05, 3.63) is 69.1 Å². The number of benzene rings is 1. The van der Waals surface area contributed by atoms with E-state index in [4.69, 9.17) is 4.74 Å². The lowest BCUT2D eigenvalue weighted by Gasteiger charge is -2.33. The predicted octanol–water partition coefficient (Wildman–Crippen LogP) is 2.59. The first-order valence-corrected chi connectivity index (χ1v) is 9.75. The van der Waals surface area contributed by atoms with Crippen LogP contribution in [0.2, 0.25) is 0 Å². The number of urea groups is 1. The van der Waals surface area contributed by atoms with Gasteiger partial charge in [-0.25, -0.2) is 9.59 Å². The second kappa shape index (κ2) is 7.54. The Balaban J connectivity index is 1.65. The number of methoxy groups -OCH3 is 1. The molecule has 140 valence electrons. The van der Waals surface area contributed by atoms with Crippen molar-refractivity contribution in [3.63, 3.8) is 0 Å². The molecule has 1 aromatic heterocycles. The smallest absolute Gasteiger partial charge is 0.338 e. The molecule has 4 rings (SSSR count). The molecular weight excluding hydrogens is 362 g/mol. The van der Waals surface area contributed by atoms with Crippen molar-refractivity contribution >= 4 is 23.3 Å². The largest absolute Gasteiger partial charge is 0.466 e. The third-order valence-electron chi connectivity index (χ3n) is 4.98. The van der Waals surface area contributed by atoms with Crippen LogP contribution >= 0.6 is 11.3 Å². The summed E-state index contributed by atoms with van der Waals surface area (Å²) in [5.41, 5.74) is 3.74. The van der Waals surface area contributed by atoms with Gasteiger partial charge in [-0.2, -0.15) is 0 Å². The minimum absolute atomic E-state index is 0.298. The van der Waals surface area contributed by atoms with E-state index in [2.05, 4.69) is 33.7 Å². The third kappa shape index (κ3) is 3.61. The summed E-state index contributed by atoms with van der Waals surface area (Å²) in [6, 6.07) is 11.4. The van der Waals surface area contributed by atoms with E-state index in [9.17, 15) is 9.59 Å². The van der Waals surface area contributed by atoms with Crippen LogP contribution in [0.25, 0.3) is 0 Å². The number of hydrogen-bond acceptors (Lipinski definition) is 5. The average molecular weight is 383 g/mol. The molecule has 1 unspecified atom stereocenters. The highest BCUT2D eigenvalue weighted by atomic mass is 32.1. The molecule has 0 spiro atoms. The van der Waals surface area contributed by atoms with E-state index in [0.717, 1.165) is 24.4 Å². The first kappa shape index (κ1) is 17.8. The number of hydrogen-bond donors (Lipinski definition) is 2. The summed E-state index contributed by atoms with van der Waals surface area (Å²) >= 11 is 1.50. The van der Waals surface area contributed by atoms with Gasteiger partial charge in [-0.15, -0.1) is 11.3 Å². The highest BCUT2D eigenvalue weighted by Gasteiger charge is 2.34. The maximum atomic E-state index is 12.5. The highest BCUT2D eigenvalue weighted by molar-refractivity contribution is 7.10. The van der Waals surface area contributed by atoms with Crippen molar-refractivity contribution in [3.8, 4) is 0 Å². The lowest BCUT2D eigenvalue weighted by atomic mass is 9.98. The molecule has 7 heteroatoms. The molecule has 27 heavy (non-hydrogen) atoms. The van der Waals surface area contributed by atoms with Crippen LogP contribution in [0.15, 0.2) is 53.0 Å². The summed E-state index contributed by atoms with van der Waals surface area (Å²) in [7, 11) is 1.37. The Hall–Kier alpha value is -2.64. The highest BCUT2D eigenvalue weighted by Crippen LogP contribution is 2.31. The van der Waals surface area contributed by atoms with E-state index in [-0.39, 0.29) is 6.03 Å². The molecular formula is C20H21N3O3S. The molecule has 0 bridgehead atoms. The molecule has 0 fully saturated rings. The van der Waals surface area contributed by atoms with Crippen LogP contribution in [0.5, 0.6) is 0 Å². The van der Waals surface area contributed by atoms with Gasteiger partial charge in [0.1, 0.15) is 0 Å². The first-order chi connectivity index (χ1) is 13.2. The van der Waals surface area contributed by atoms with Crippen LogP contribution in [0.4, 0.5) is 4.79 Å². The number of esters is 1. The fraction of sp³-hybridized carbons (Fsp3) is 0.300. The molecule has 2 aliphatic rings. The summed E-state index contributed by atoms with van der Waals surface area (Å²) in [6.45, 7) is 2.16. The van der Waals surface area contributed by atoms with E-state index >= 15 is 0 Å². The van der Waals surface area contributed by atoms with Crippen LogP contribution in [0.1, 0.15) is 22.0 Å².